The lowest BCUT2D eigenvalue weighted by Crippen LogP contribution is -2.08. The number of carbonyl (C=O) groups excluding carboxylic acids is 1. The first-order valence-electron chi connectivity index (χ1n) is 5.80. The molecule has 2 aromatic carbocycles. The van der Waals surface area contributed by atoms with E-state index in [1.54, 1.807) is 0 Å². The first-order valence-corrected chi connectivity index (χ1v) is 5.80. The Kier molecular flexibility index (Phi) is 3.88. The lowest BCUT2D eigenvalue weighted by Gasteiger charge is -2.14. The van der Waals surface area contributed by atoms with E-state index in [0.717, 1.165) is 12.1 Å². The van der Waals surface area contributed by atoms with Crippen molar-refractivity contribution in [2.45, 2.75) is 12.1 Å². The fourth-order valence-corrected chi connectivity index (χ4v) is 1.93. The first-order chi connectivity index (χ1) is 9.41. The van der Waals surface area contributed by atoms with Crippen molar-refractivity contribution in [3.05, 3.63) is 71.0 Å². The first kappa shape index (κ1) is 14.2. The zero-order valence-corrected chi connectivity index (χ0v) is 10.2. The Hall–Kier alpha value is -2.17. The van der Waals surface area contributed by atoms with Gasteiger partial charge in [-0.05, 0) is 29.3 Å². The number of hydrogen-bond donors (Lipinski definition) is 0. The molecular weight excluding hydrogens is 272 g/mol. The molecule has 0 aliphatic heterocycles. The second kappa shape index (κ2) is 5.45. The summed E-state index contributed by atoms with van der Waals surface area (Å²) >= 11 is 0. The van der Waals surface area contributed by atoms with Crippen LogP contribution in [0.1, 0.15) is 22.6 Å². The second-order valence-corrected chi connectivity index (χ2v) is 4.29. The maximum Gasteiger partial charge on any atom is 0.416 e. The molecule has 2 aromatic rings. The van der Waals surface area contributed by atoms with Gasteiger partial charge in [0.05, 0.1) is 11.5 Å². The molecule has 0 fully saturated rings. The highest BCUT2D eigenvalue weighted by molar-refractivity contribution is 5.68. The molecular formula is C15H10F4O. The maximum atomic E-state index is 12.8. The summed E-state index contributed by atoms with van der Waals surface area (Å²) in [4.78, 5) is 11.2. The molecule has 0 amide bonds. The van der Waals surface area contributed by atoms with E-state index in [1.807, 2.05) is 0 Å². The van der Waals surface area contributed by atoms with Gasteiger partial charge in [0.1, 0.15) is 12.1 Å². The molecule has 0 bridgehead atoms. The Balaban J connectivity index is 2.42. The molecule has 0 aliphatic rings. The van der Waals surface area contributed by atoms with Crippen molar-refractivity contribution in [1.82, 2.24) is 0 Å². The molecule has 0 saturated heterocycles. The number of hydrogen-bond acceptors (Lipinski definition) is 1. The second-order valence-electron chi connectivity index (χ2n) is 4.29. The SMILES string of the molecule is O=CC(c1ccc(F)cc1)c1cccc(C(F)(F)F)c1. The fraction of sp³-hybridized carbons (Fsp3) is 0.133. The molecule has 104 valence electrons. The largest absolute Gasteiger partial charge is 0.416 e. The van der Waals surface area contributed by atoms with Crippen molar-refractivity contribution in [3.8, 4) is 0 Å². The minimum Gasteiger partial charge on any atom is -0.302 e. The number of carbonyl (C=O) groups is 1. The molecule has 0 heterocycles. The molecule has 0 radical (unpaired) electrons. The third kappa shape index (κ3) is 3.04. The lowest BCUT2D eigenvalue weighted by molar-refractivity contribution is -0.137. The molecule has 0 saturated carbocycles. The molecule has 20 heavy (non-hydrogen) atoms. The summed E-state index contributed by atoms with van der Waals surface area (Å²) in [5.74, 6) is -1.32. The van der Waals surface area contributed by atoms with E-state index in [0.29, 0.717) is 11.8 Å². The van der Waals surface area contributed by atoms with Crippen LogP contribution in [0.25, 0.3) is 0 Å². The van der Waals surface area contributed by atoms with Crippen LogP contribution in [0.5, 0.6) is 0 Å². The van der Waals surface area contributed by atoms with Crippen LogP contribution in [0.2, 0.25) is 0 Å². The smallest absolute Gasteiger partial charge is 0.302 e. The summed E-state index contributed by atoms with van der Waals surface area (Å²) in [5, 5.41) is 0. The molecule has 5 heteroatoms. The van der Waals surface area contributed by atoms with Gasteiger partial charge in [0.2, 0.25) is 0 Å². The maximum absolute atomic E-state index is 12.8. The summed E-state index contributed by atoms with van der Waals surface area (Å²) in [7, 11) is 0. The van der Waals surface area contributed by atoms with Crippen LogP contribution in [-0.4, -0.2) is 6.29 Å². The molecule has 0 aliphatic carbocycles. The number of rotatable bonds is 3. The van der Waals surface area contributed by atoms with Gasteiger partial charge in [0.25, 0.3) is 0 Å². The van der Waals surface area contributed by atoms with Gasteiger partial charge in [-0.1, -0.05) is 30.3 Å². The van der Waals surface area contributed by atoms with Crippen LogP contribution in [-0.2, 0) is 11.0 Å². The average molecular weight is 282 g/mol. The van der Waals surface area contributed by atoms with E-state index < -0.39 is 23.5 Å². The zero-order valence-electron chi connectivity index (χ0n) is 10.2. The van der Waals surface area contributed by atoms with Crippen LogP contribution in [0, 0.1) is 5.82 Å². The van der Waals surface area contributed by atoms with Crippen molar-refractivity contribution in [2.75, 3.05) is 0 Å². The lowest BCUT2D eigenvalue weighted by atomic mass is 9.91. The van der Waals surface area contributed by atoms with Crippen LogP contribution < -0.4 is 0 Å². The Labute approximate surface area is 112 Å². The number of aldehydes is 1. The van der Waals surface area contributed by atoms with E-state index in [1.165, 1.54) is 36.4 Å². The molecule has 2 rings (SSSR count). The van der Waals surface area contributed by atoms with Gasteiger partial charge in [-0.2, -0.15) is 13.2 Å². The van der Waals surface area contributed by atoms with E-state index in [9.17, 15) is 22.4 Å². The van der Waals surface area contributed by atoms with E-state index in [-0.39, 0.29) is 5.56 Å². The number of halogens is 4. The summed E-state index contributed by atoms with van der Waals surface area (Å²) in [6, 6.07) is 9.66. The van der Waals surface area contributed by atoms with Crippen LogP contribution in [0.4, 0.5) is 17.6 Å². The van der Waals surface area contributed by atoms with Gasteiger partial charge in [0, 0.05) is 0 Å². The third-order valence-electron chi connectivity index (χ3n) is 2.94. The highest BCUT2D eigenvalue weighted by atomic mass is 19.4. The Morgan fingerprint density at radius 1 is 0.950 bits per heavy atom. The molecule has 1 atom stereocenters. The zero-order chi connectivity index (χ0) is 14.8. The Morgan fingerprint density at radius 2 is 1.60 bits per heavy atom. The predicted molar refractivity (Wildman–Crippen MR) is 65.8 cm³/mol. The molecule has 0 spiro atoms. The molecule has 1 unspecified atom stereocenters. The minimum absolute atomic E-state index is 0.224. The predicted octanol–water partition coefficient (Wildman–Crippen LogP) is 4.18. The van der Waals surface area contributed by atoms with Gasteiger partial charge < -0.3 is 4.79 Å². The van der Waals surface area contributed by atoms with E-state index in [2.05, 4.69) is 0 Å². The van der Waals surface area contributed by atoms with E-state index in [4.69, 9.17) is 0 Å². The summed E-state index contributed by atoms with van der Waals surface area (Å²) in [6.45, 7) is 0. The van der Waals surface area contributed by atoms with Crippen molar-refractivity contribution in [3.63, 3.8) is 0 Å². The van der Waals surface area contributed by atoms with Gasteiger partial charge in [-0.25, -0.2) is 4.39 Å². The van der Waals surface area contributed by atoms with Crippen molar-refractivity contribution >= 4 is 6.29 Å². The monoisotopic (exact) mass is 282 g/mol. The number of alkyl halides is 3. The Morgan fingerprint density at radius 3 is 2.15 bits per heavy atom. The van der Waals surface area contributed by atoms with Gasteiger partial charge >= 0.3 is 6.18 Å². The fourth-order valence-electron chi connectivity index (χ4n) is 1.93. The van der Waals surface area contributed by atoms with Gasteiger partial charge in [-0.3, -0.25) is 0 Å². The standard InChI is InChI=1S/C15H10F4O/c16-13-6-4-10(5-7-13)14(9-20)11-2-1-3-12(8-11)15(17,18)19/h1-9,14H. The quantitative estimate of drug-likeness (QED) is 0.610. The topological polar surface area (TPSA) is 17.1 Å². The van der Waals surface area contributed by atoms with Gasteiger partial charge in [-0.15, -0.1) is 0 Å². The summed E-state index contributed by atoms with van der Waals surface area (Å²) < 4.78 is 50.8. The highest BCUT2D eigenvalue weighted by Gasteiger charge is 2.31. The normalized spacial score (nSPS) is 13.0. The van der Waals surface area contributed by atoms with Crippen LogP contribution in [0.3, 0.4) is 0 Å². The third-order valence-corrected chi connectivity index (χ3v) is 2.94. The van der Waals surface area contributed by atoms with Crippen LogP contribution >= 0.6 is 0 Å². The average Bonchev–Trinajstić information content (AvgIpc) is 2.41. The minimum atomic E-state index is -4.47. The van der Waals surface area contributed by atoms with E-state index >= 15 is 0 Å². The van der Waals surface area contributed by atoms with Crippen LogP contribution in [0.15, 0.2) is 48.5 Å². The van der Waals surface area contributed by atoms with Crippen molar-refractivity contribution in [1.29, 1.82) is 0 Å². The molecule has 0 N–H and O–H groups in total. The number of benzene rings is 2. The van der Waals surface area contributed by atoms with Crippen molar-refractivity contribution < 1.29 is 22.4 Å². The van der Waals surface area contributed by atoms with Gasteiger partial charge in [0.15, 0.2) is 0 Å². The summed E-state index contributed by atoms with van der Waals surface area (Å²) in [5.41, 5.74) is -0.147. The summed E-state index contributed by atoms with van der Waals surface area (Å²) in [6.07, 6.45) is -3.92. The Bertz CT molecular complexity index is 602. The molecule has 1 nitrogen and oxygen atoms in total. The highest BCUT2D eigenvalue weighted by Crippen LogP contribution is 2.32. The molecule has 0 aromatic heterocycles. The van der Waals surface area contributed by atoms with Crippen molar-refractivity contribution in [2.24, 2.45) is 0 Å².